The summed E-state index contributed by atoms with van der Waals surface area (Å²) in [4.78, 5) is 11.4. The van der Waals surface area contributed by atoms with Gasteiger partial charge in [0.15, 0.2) is 5.78 Å². The van der Waals surface area contributed by atoms with E-state index in [1.165, 1.54) is 6.92 Å². The first-order valence-corrected chi connectivity index (χ1v) is 8.32. The van der Waals surface area contributed by atoms with Crippen LogP contribution in [0.2, 0.25) is 5.02 Å². The van der Waals surface area contributed by atoms with Crippen molar-refractivity contribution in [2.24, 2.45) is 0 Å². The van der Waals surface area contributed by atoms with Gasteiger partial charge >= 0.3 is 7.52 Å². The van der Waals surface area contributed by atoms with Crippen molar-refractivity contribution in [1.82, 2.24) is 5.09 Å². The van der Waals surface area contributed by atoms with Gasteiger partial charge in [0.05, 0.1) is 16.7 Å². The second-order valence-electron chi connectivity index (χ2n) is 4.69. The van der Waals surface area contributed by atoms with Gasteiger partial charge < -0.3 is 9.63 Å². The summed E-state index contributed by atoms with van der Waals surface area (Å²) in [6.45, 7) is 4.36. The Kier molecular flexibility index (Phi) is 6.21. The lowest BCUT2D eigenvalue weighted by Gasteiger charge is -2.26. The van der Waals surface area contributed by atoms with E-state index in [0.29, 0.717) is 10.8 Å². The summed E-state index contributed by atoms with van der Waals surface area (Å²) in [6, 6.07) is 5.92. The number of aliphatic hydroxyl groups is 1. The molecule has 0 radical (unpaired) electrons. The van der Waals surface area contributed by atoms with Gasteiger partial charge in [-0.25, -0.2) is 5.09 Å². The Morgan fingerprint density at radius 1 is 1.40 bits per heavy atom. The number of halogens is 1. The number of para-hydroxylation sites is 1. The minimum atomic E-state index is -3.33. The predicted molar refractivity (Wildman–Crippen MR) is 79.5 cm³/mol. The van der Waals surface area contributed by atoms with Crippen LogP contribution in [-0.4, -0.2) is 29.2 Å². The molecule has 0 spiro atoms. The minimum Gasteiger partial charge on any atom is -0.431 e. The first-order chi connectivity index (χ1) is 9.30. The number of hydrogen-bond donors (Lipinski definition) is 2. The smallest absolute Gasteiger partial charge is 0.319 e. The average Bonchev–Trinajstić information content (AvgIpc) is 2.40. The molecule has 0 fully saturated rings. The molecule has 0 saturated carbocycles. The van der Waals surface area contributed by atoms with Crippen LogP contribution in [-0.2, 0) is 9.36 Å². The number of Topliss-reactive ketones (excluding diaryl/α,β-unsaturated/α-hetero) is 1. The van der Waals surface area contributed by atoms with E-state index >= 15 is 0 Å². The van der Waals surface area contributed by atoms with Gasteiger partial charge in [0.1, 0.15) is 12.4 Å². The van der Waals surface area contributed by atoms with Crippen LogP contribution in [0.1, 0.15) is 20.8 Å². The first kappa shape index (κ1) is 17.2. The summed E-state index contributed by atoms with van der Waals surface area (Å²) >= 11 is 5.98. The van der Waals surface area contributed by atoms with Crippen LogP contribution < -0.4 is 9.61 Å². The number of rotatable bonds is 7. The molecule has 0 bridgehead atoms. The van der Waals surface area contributed by atoms with Crippen molar-refractivity contribution < 1.29 is 19.0 Å². The van der Waals surface area contributed by atoms with Crippen LogP contribution in [0.25, 0.3) is 0 Å². The van der Waals surface area contributed by atoms with E-state index in [1.807, 2.05) is 0 Å². The number of benzene rings is 1. The summed E-state index contributed by atoms with van der Waals surface area (Å²) in [5.41, 5.74) is -0.354. The molecule has 1 aromatic rings. The third-order valence-corrected chi connectivity index (χ3v) is 5.65. The molecular weight excluding hydrogens is 301 g/mol. The van der Waals surface area contributed by atoms with E-state index in [9.17, 15) is 9.36 Å². The van der Waals surface area contributed by atoms with Crippen LogP contribution >= 0.6 is 19.1 Å². The lowest BCUT2D eigenvalue weighted by Crippen LogP contribution is -2.36. The summed E-state index contributed by atoms with van der Waals surface area (Å²) in [7, 11) is -3.33. The number of aliphatic hydroxyl groups excluding tert-OH is 1. The van der Waals surface area contributed by atoms with Crippen LogP contribution in [0, 0.1) is 0 Å². The highest BCUT2D eigenvalue weighted by molar-refractivity contribution is 7.58. The van der Waals surface area contributed by atoms with Crippen molar-refractivity contribution in [1.29, 1.82) is 0 Å². The average molecular weight is 320 g/mol. The molecule has 1 rings (SSSR count). The molecular formula is C13H19ClNO4P. The molecule has 1 aromatic carbocycles. The van der Waals surface area contributed by atoms with Gasteiger partial charge in [-0.1, -0.05) is 37.6 Å². The van der Waals surface area contributed by atoms with Crippen molar-refractivity contribution in [3.63, 3.8) is 0 Å². The summed E-state index contributed by atoms with van der Waals surface area (Å²) in [5, 5.41) is 11.9. The number of ketones is 1. The maximum atomic E-state index is 12.8. The van der Waals surface area contributed by atoms with Crippen LogP contribution in [0.5, 0.6) is 5.75 Å². The Labute approximate surface area is 123 Å². The molecule has 0 saturated heterocycles. The molecule has 0 heterocycles. The fourth-order valence-electron chi connectivity index (χ4n) is 1.42. The second-order valence-corrected chi connectivity index (χ2v) is 7.76. The zero-order valence-corrected chi connectivity index (χ0v) is 13.3. The number of hydrogen-bond acceptors (Lipinski definition) is 4. The summed E-state index contributed by atoms with van der Waals surface area (Å²) in [6.07, 6.45) is 0. The number of carbonyl (C=O) groups is 1. The molecule has 0 aliphatic heterocycles. The third kappa shape index (κ3) is 4.32. The van der Waals surface area contributed by atoms with Crippen molar-refractivity contribution >= 4 is 24.9 Å². The highest BCUT2D eigenvalue weighted by atomic mass is 35.5. The van der Waals surface area contributed by atoms with E-state index < -0.39 is 26.0 Å². The van der Waals surface area contributed by atoms with E-state index in [2.05, 4.69) is 5.09 Å². The van der Waals surface area contributed by atoms with Gasteiger partial charge in [-0.2, -0.15) is 0 Å². The maximum absolute atomic E-state index is 12.8. The van der Waals surface area contributed by atoms with Gasteiger partial charge in [0.2, 0.25) is 0 Å². The Balaban J connectivity index is 2.96. The van der Waals surface area contributed by atoms with Crippen molar-refractivity contribution in [3.8, 4) is 5.75 Å². The van der Waals surface area contributed by atoms with Crippen molar-refractivity contribution in [2.45, 2.75) is 32.5 Å². The monoisotopic (exact) mass is 319 g/mol. The fraction of sp³-hybridized carbons (Fsp3) is 0.462. The van der Waals surface area contributed by atoms with Gasteiger partial charge in [-0.3, -0.25) is 9.36 Å². The van der Waals surface area contributed by atoms with E-state index in [-0.39, 0.29) is 5.66 Å². The van der Waals surface area contributed by atoms with Gasteiger partial charge in [-0.15, -0.1) is 0 Å². The minimum absolute atomic E-state index is 0.294. The highest BCUT2D eigenvalue weighted by Gasteiger charge is 2.33. The molecule has 2 N–H and O–H groups in total. The zero-order chi connectivity index (χ0) is 15.3. The second kappa shape index (κ2) is 7.23. The van der Waals surface area contributed by atoms with Crippen LogP contribution in [0.15, 0.2) is 24.3 Å². The third-order valence-electron chi connectivity index (χ3n) is 2.76. The Morgan fingerprint density at radius 3 is 2.50 bits per heavy atom. The quantitative estimate of drug-likeness (QED) is 0.756. The zero-order valence-electron chi connectivity index (χ0n) is 11.7. The Bertz CT molecular complexity index is 521. The van der Waals surface area contributed by atoms with Gasteiger partial charge in [0, 0.05) is 0 Å². The molecule has 2 atom stereocenters. The molecule has 0 aliphatic carbocycles. The van der Waals surface area contributed by atoms with Crippen molar-refractivity contribution in [2.75, 3.05) is 6.61 Å². The molecule has 7 heteroatoms. The highest BCUT2D eigenvalue weighted by Crippen LogP contribution is 2.49. The normalized spacial score (nSPS) is 15.7. The van der Waals surface area contributed by atoms with E-state index in [0.717, 1.165) is 0 Å². The van der Waals surface area contributed by atoms with Crippen LogP contribution in [0.4, 0.5) is 0 Å². The lowest BCUT2D eigenvalue weighted by molar-refractivity contribution is -0.123. The van der Waals surface area contributed by atoms with Gasteiger partial charge in [0.25, 0.3) is 0 Å². The van der Waals surface area contributed by atoms with E-state index in [4.69, 9.17) is 21.2 Å². The molecule has 112 valence electrons. The summed E-state index contributed by atoms with van der Waals surface area (Å²) in [5.74, 6) is -0.156. The number of carbonyl (C=O) groups excluding carboxylic acids is 1. The standard InChI is InChI=1S/C13H19ClNO4P/c1-9(2)20(18,15-10(3)12(17)8-16)19-13-7-5-4-6-11(13)14/h4-7,9-10,16H,8H2,1-3H3,(H,15,18)/t10-,20?/m0/s1. The Hall–Kier alpha value is -0.870. The Morgan fingerprint density at radius 2 is 2.00 bits per heavy atom. The van der Waals surface area contributed by atoms with E-state index in [1.54, 1.807) is 38.1 Å². The molecule has 0 amide bonds. The lowest BCUT2D eigenvalue weighted by atomic mass is 10.2. The number of nitrogens with one attached hydrogen (secondary N) is 1. The SMILES string of the molecule is CC(C)P(=O)(N[C@@H](C)C(=O)CO)Oc1ccccc1Cl. The summed E-state index contributed by atoms with van der Waals surface area (Å²) < 4.78 is 18.4. The molecule has 1 unspecified atom stereocenters. The largest absolute Gasteiger partial charge is 0.431 e. The molecule has 0 aliphatic rings. The molecule has 0 aromatic heterocycles. The van der Waals surface area contributed by atoms with Crippen molar-refractivity contribution in [3.05, 3.63) is 29.3 Å². The van der Waals surface area contributed by atoms with Crippen LogP contribution in [0.3, 0.4) is 0 Å². The fourth-order valence-corrected chi connectivity index (χ4v) is 3.35. The topological polar surface area (TPSA) is 75.6 Å². The molecule has 20 heavy (non-hydrogen) atoms. The maximum Gasteiger partial charge on any atom is 0.319 e. The predicted octanol–water partition coefficient (Wildman–Crippen LogP) is 2.86. The molecule has 5 nitrogen and oxygen atoms in total. The van der Waals surface area contributed by atoms with Gasteiger partial charge in [-0.05, 0) is 19.1 Å². The first-order valence-electron chi connectivity index (χ1n) is 6.25.